The number of hydrogen-bond acceptors (Lipinski definition) is 1. The highest BCUT2D eigenvalue weighted by Gasteiger charge is 2.39. The van der Waals surface area contributed by atoms with E-state index in [-0.39, 0.29) is 22.8 Å². The molecule has 2 aromatic heterocycles. The fourth-order valence-corrected chi connectivity index (χ4v) is 11.2. The van der Waals surface area contributed by atoms with Gasteiger partial charge in [0.25, 0.3) is 0 Å². The number of alkyl halides is 6. The number of aromatic nitrogens is 2. The first kappa shape index (κ1) is 47.8. The van der Waals surface area contributed by atoms with E-state index in [4.69, 9.17) is 0 Å². The number of fused-ring (bicyclic) bond motifs is 6. The Hall–Kier alpha value is -9.91. The van der Waals surface area contributed by atoms with Crippen LogP contribution in [0.1, 0.15) is 16.7 Å². The van der Waals surface area contributed by atoms with Gasteiger partial charge in [0.2, 0.25) is 0 Å². The van der Waals surface area contributed by atoms with Crippen LogP contribution >= 0.6 is 0 Å². The summed E-state index contributed by atoms with van der Waals surface area (Å²) in [5, 5.41) is 14.3. The Morgan fingerprint density at radius 1 is 0.308 bits per heavy atom. The predicted molar refractivity (Wildman–Crippen MR) is 302 cm³/mol. The van der Waals surface area contributed by atoms with Crippen molar-refractivity contribution in [2.24, 2.45) is 0 Å². The van der Waals surface area contributed by atoms with Gasteiger partial charge in [-0.1, -0.05) is 158 Å². The lowest BCUT2D eigenvalue weighted by molar-refractivity contribution is -0.142. The first-order valence-electron chi connectivity index (χ1n) is 25.3. The van der Waals surface area contributed by atoms with E-state index in [0.29, 0.717) is 23.0 Å². The van der Waals surface area contributed by atoms with E-state index in [2.05, 4.69) is 39.5 Å². The Kier molecular flexibility index (Phi) is 11.5. The van der Waals surface area contributed by atoms with Crippen molar-refractivity contribution in [3.63, 3.8) is 0 Å². The Balaban J connectivity index is 1.12. The van der Waals surface area contributed by atoms with Gasteiger partial charge >= 0.3 is 12.4 Å². The molecule has 3 nitrogen and oxygen atoms in total. The quantitative estimate of drug-likeness (QED) is 0.140. The minimum Gasteiger partial charge on any atom is -0.309 e. The molecule has 11 aromatic carbocycles. The van der Waals surface area contributed by atoms with E-state index in [1.54, 1.807) is 36.4 Å². The van der Waals surface area contributed by atoms with E-state index in [1.807, 2.05) is 170 Å². The van der Waals surface area contributed by atoms with Crippen LogP contribution in [0.5, 0.6) is 0 Å². The molecule has 0 saturated heterocycles. The lowest BCUT2D eigenvalue weighted by Crippen LogP contribution is -2.12. The standard InChI is InChI=1S/C69H41F6N3/c70-68(71,72)52-26-28-55(62(40-52)69(73,74)75)54-29-27-53(77-63-31-22-48(44-13-5-1-6-14-44)36-58(63)59-37-49(23-32-64(59)77)45-15-7-2-8-16-45)41-56(54)57-35-43(42-76)21-30-65(57)78-66-33-24-50(46-17-9-3-10-18-46)38-60(66)61-39-51(25-34-67(61)78)47-19-11-4-12-20-47/h1-41H. The number of nitriles is 1. The average molecular weight is 1030 g/mol. The van der Waals surface area contributed by atoms with Crippen LogP contribution in [0.4, 0.5) is 26.3 Å². The molecule has 9 heteroatoms. The van der Waals surface area contributed by atoms with Crippen molar-refractivity contribution in [1.82, 2.24) is 9.13 Å². The topological polar surface area (TPSA) is 33.6 Å². The number of nitrogens with zero attached hydrogens (tertiary/aromatic N) is 3. The van der Waals surface area contributed by atoms with E-state index in [9.17, 15) is 18.4 Å². The first-order valence-corrected chi connectivity index (χ1v) is 25.3. The molecule has 0 radical (unpaired) electrons. The third-order valence-electron chi connectivity index (χ3n) is 14.8. The minimum absolute atomic E-state index is 0.0214. The summed E-state index contributed by atoms with van der Waals surface area (Å²) in [5.74, 6) is 0. The van der Waals surface area contributed by atoms with Crippen LogP contribution < -0.4 is 0 Å². The van der Waals surface area contributed by atoms with Gasteiger partial charge in [-0.25, -0.2) is 0 Å². The SMILES string of the molecule is N#Cc1ccc(-n2c3ccc(-c4ccccc4)cc3c3cc(-c4ccccc4)ccc32)c(-c2cc(-n3c4ccc(-c5ccccc5)cc4c4cc(-c5ccccc5)ccc43)ccc2-c2ccc(C(F)(F)F)cc2C(F)(F)F)c1. The molecule has 0 aliphatic carbocycles. The lowest BCUT2D eigenvalue weighted by Gasteiger charge is -2.22. The lowest BCUT2D eigenvalue weighted by atomic mass is 9.88. The molecular formula is C69H41F6N3. The fourth-order valence-electron chi connectivity index (χ4n) is 11.2. The molecule has 2 heterocycles. The van der Waals surface area contributed by atoms with Crippen molar-refractivity contribution in [2.75, 3.05) is 0 Å². The molecule has 13 rings (SSSR count). The second kappa shape index (κ2) is 18.7. The van der Waals surface area contributed by atoms with Crippen LogP contribution in [0.2, 0.25) is 0 Å². The zero-order chi connectivity index (χ0) is 53.3. The summed E-state index contributed by atoms with van der Waals surface area (Å²) in [6.45, 7) is 0. The molecule has 0 bridgehead atoms. The maximum absolute atomic E-state index is 15.5. The number of rotatable bonds is 8. The second-order valence-corrected chi connectivity index (χ2v) is 19.4. The number of benzene rings is 11. The smallest absolute Gasteiger partial charge is 0.309 e. The van der Waals surface area contributed by atoms with E-state index >= 15 is 13.2 Å². The molecule has 0 aliphatic rings. The van der Waals surface area contributed by atoms with Crippen molar-refractivity contribution in [1.29, 1.82) is 5.26 Å². The molecule has 0 N–H and O–H groups in total. The van der Waals surface area contributed by atoms with Gasteiger partial charge in [0, 0.05) is 32.8 Å². The molecule has 0 spiro atoms. The molecule has 0 saturated carbocycles. The number of hydrogen-bond donors (Lipinski definition) is 0. The normalized spacial score (nSPS) is 12.0. The van der Waals surface area contributed by atoms with Gasteiger partial charge in [-0.15, -0.1) is 0 Å². The summed E-state index contributed by atoms with van der Waals surface area (Å²) in [6.07, 6.45) is -10.2. The van der Waals surface area contributed by atoms with Crippen molar-refractivity contribution in [2.45, 2.75) is 12.4 Å². The zero-order valence-corrected chi connectivity index (χ0v) is 41.3. The highest BCUT2D eigenvalue weighted by atomic mass is 19.4. The zero-order valence-electron chi connectivity index (χ0n) is 41.3. The van der Waals surface area contributed by atoms with Gasteiger partial charge in [0.05, 0.1) is 50.5 Å². The van der Waals surface area contributed by atoms with E-state index < -0.39 is 29.0 Å². The maximum Gasteiger partial charge on any atom is 0.417 e. The van der Waals surface area contributed by atoms with Crippen LogP contribution in [0, 0.1) is 11.3 Å². The molecule has 0 unspecified atom stereocenters. The molecular weight excluding hydrogens is 985 g/mol. The van der Waals surface area contributed by atoms with Crippen LogP contribution in [0.25, 0.3) is 122 Å². The molecule has 13 aromatic rings. The first-order chi connectivity index (χ1) is 37.9. The van der Waals surface area contributed by atoms with Gasteiger partial charge in [0.15, 0.2) is 0 Å². The highest BCUT2D eigenvalue weighted by molar-refractivity contribution is 6.14. The summed E-state index contributed by atoms with van der Waals surface area (Å²) >= 11 is 0. The van der Waals surface area contributed by atoms with Crippen LogP contribution in [0.15, 0.2) is 249 Å². The van der Waals surface area contributed by atoms with Crippen molar-refractivity contribution >= 4 is 43.6 Å². The third kappa shape index (κ3) is 8.35. The average Bonchev–Trinajstić information content (AvgIpc) is 4.17. The minimum atomic E-state index is -5.19. The van der Waals surface area contributed by atoms with Gasteiger partial charge in [-0.05, 0) is 152 Å². The van der Waals surface area contributed by atoms with Crippen LogP contribution in [-0.2, 0) is 12.4 Å². The summed E-state index contributed by atoms with van der Waals surface area (Å²) in [5.41, 5.74) is 9.88. The maximum atomic E-state index is 15.5. The van der Waals surface area contributed by atoms with Crippen molar-refractivity contribution < 1.29 is 26.3 Å². The van der Waals surface area contributed by atoms with Crippen LogP contribution in [0.3, 0.4) is 0 Å². The molecule has 0 fully saturated rings. The largest absolute Gasteiger partial charge is 0.417 e. The van der Waals surface area contributed by atoms with Gasteiger partial charge in [-0.2, -0.15) is 31.6 Å². The van der Waals surface area contributed by atoms with Crippen molar-refractivity contribution in [3.05, 3.63) is 265 Å². The highest BCUT2D eigenvalue weighted by Crippen LogP contribution is 2.48. The Bertz CT molecular complexity index is 4320. The van der Waals surface area contributed by atoms with E-state index in [1.165, 1.54) is 0 Å². The second-order valence-electron chi connectivity index (χ2n) is 19.4. The summed E-state index contributed by atoms with van der Waals surface area (Å²) in [6, 6.07) is 79.2. The number of halogens is 6. The fraction of sp³-hybridized carbons (Fsp3) is 0.0290. The van der Waals surface area contributed by atoms with E-state index in [0.717, 1.165) is 94.2 Å². The Morgan fingerprint density at radius 3 is 1.12 bits per heavy atom. The molecule has 0 amide bonds. The molecule has 374 valence electrons. The Labute approximate surface area is 444 Å². The predicted octanol–water partition coefficient (Wildman–Crippen LogP) is 19.8. The van der Waals surface area contributed by atoms with Crippen LogP contribution in [-0.4, -0.2) is 9.13 Å². The Morgan fingerprint density at radius 2 is 0.718 bits per heavy atom. The third-order valence-corrected chi connectivity index (χ3v) is 14.8. The molecule has 0 atom stereocenters. The van der Waals surface area contributed by atoms with Gasteiger partial charge in [0.1, 0.15) is 0 Å². The van der Waals surface area contributed by atoms with Gasteiger partial charge < -0.3 is 9.13 Å². The summed E-state index contributed by atoms with van der Waals surface area (Å²) in [7, 11) is 0. The van der Waals surface area contributed by atoms with Crippen molar-refractivity contribution in [3.8, 4) is 84.2 Å². The monoisotopic (exact) mass is 1030 g/mol. The summed E-state index contributed by atoms with van der Waals surface area (Å²) in [4.78, 5) is 0. The molecule has 0 aliphatic heterocycles. The summed E-state index contributed by atoms with van der Waals surface area (Å²) < 4.78 is 93.5. The van der Waals surface area contributed by atoms with Gasteiger partial charge in [-0.3, -0.25) is 0 Å². The molecule has 78 heavy (non-hydrogen) atoms.